The van der Waals surface area contributed by atoms with Crippen LogP contribution >= 0.6 is 0 Å². The number of H-pyrrole nitrogens is 1. The zero-order valence-electron chi connectivity index (χ0n) is 20.7. The highest BCUT2D eigenvalue weighted by atomic mass is 16.6. The number of aromatic nitrogens is 1. The minimum absolute atomic E-state index is 0.0208. The molecule has 2 aliphatic carbocycles. The largest absolute Gasteiger partial charge is 0.433 e. The molecule has 7 nitrogen and oxygen atoms in total. The van der Waals surface area contributed by atoms with Crippen molar-refractivity contribution in [3.05, 3.63) is 36.0 Å². The molecule has 5 rings (SSSR count). The summed E-state index contributed by atoms with van der Waals surface area (Å²) in [4.78, 5) is 31.8. The predicted octanol–water partition coefficient (Wildman–Crippen LogP) is 4.00. The van der Waals surface area contributed by atoms with E-state index in [1.807, 2.05) is 30.5 Å². The van der Waals surface area contributed by atoms with Gasteiger partial charge in [0.25, 0.3) is 5.91 Å². The van der Waals surface area contributed by atoms with Crippen molar-refractivity contribution in [2.75, 3.05) is 13.1 Å². The molecule has 2 bridgehead atoms. The molecule has 5 atom stereocenters. The molecule has 2 saturated carbocycles. The van der Waals surface area contributed by atoms with Crippen LogP contribution in [0.2, 0.25) is 0 Å². The Morgan fingerprint density at radius 2 is 2.03 bits per heavy atom. The van der Waals surface area contributed by atoms with Crippen LogP contribution in [0.1, 0.15) is 58.9 Å². The topological polar surface area (TPSA) is 94.7 Å². The maximum absolute atomic E-state index is 13.6. The van der Waals surface area contributed by atoms with Gasteiger partial charge in [0.2, 0.25) is 0 Å². The molecule has 2 aromatic rings. The number of carbonyl (C=O) groups excluding carboxylic acids is 2. The molecule has 0 radical (unpaired) electrons. The normalized spacial score (nSPS) is 31.6. The lowest BCUT2D eigenvalue weighted by atomic mass is 9.69. The van der Waals surface area contributed by atoms with Crippen molar-refractivity contribution in [1.82, 2.24) is 15.2 Å². The van der Waals surface area contributed by atoms with Crippen molar-refractivity contribution in [3.8, 4) is 0 Å². The van der Waals surface area contributed by atoms with E-state index in [-0.39, 0.29) is 35.7 Å². The highest BCUT2D eigenvalue weighted by Crippen LogP contribution is 2.65. The molecule has 1 saturated heterocycles. The van der Waals surface area contributed by atoms with Crippen LogP contribution < -0.4 is 5.32 Å². The zero-order valence-corrected chi connectivity index (χ0v) is 20.7. The van der Waals surface area contributed by atoms with E-state index in [2.05, 4.69) is 31.1 Å². The third-order valence-corrected chi connectivity index (χ3v) is 9.51. The molecule has 5 unspecified atom stereocenters. The summed E-state index contributed by atoms with van der Waals surface area (Å²) in [5, 5.41) is 14.2. The van der Waals surface area contributed by atoms with E-state index in [1.165, 1.54) is 6.42 Å². The Bertz CT molecular complexity index is 1110. The summed E-state index contributed by atoms with van der Waals surface area (Å²) in [6.45, 7) is 9.32. The molecule has 3 fully saturated rings. The SMILES string of the molecule is CC(Cc1c[nH]c2ccccc12)(OC(=O)NC1CC2CCC1(C)C2(C)C)C(=O)N1CCC(O)C1. The molecule has 3 N–H and O–H groups in total. The van der Waals surface area contributed by atoms with Crippen LogP contribution in [0, 0.1) is 16.7 Å². The Kier molecular flexibility index (Phi) is 5.47. The summed E-state index contributed by atoms with van der Waals surface area (Å²) in [5.74, 6) is 0.331. The first-order valence-corrected chi connectivity index (χ1v) is 12.6. The number of likely N-dealkylation sites (tertiary alicyclic amines) is 1. The molecule has 7 heteroatoms. The maximum Gasteiger partial charge on any atom is 0.408 e. The van der Waals surface area contributed by atoms with Gasteiger partial charge in [-0.1, -0.05) is 39.0 Å². The molecule has 3 aliphatic rings. The van der Waals surface area contributed by atoms with Gasteiger partial charge in [0.05, 0.1) is 6.10 Å². The number of benzene rings is 1. The minimum Gasteiger partial charge on any atom is -0.433 e. The lowest BCUT2D eigenvalue weighted by Gasteiger charge is -2.40. The number of aliphatic hydroxyl groups excluding tert-OH is 1. The monoisotopic (exact) mass is 467 g/mol. The van der Waals surface area contributed by atoms with Gasteiger partial charge in [0.1, 0.15) is 0 Å². The van der Waals surface area contributed by atoms with Crippen molar-refractivity contribution in [3.63, 3.8) is 0 Å². The van der Waals surface area contributed by atoms with Crippen LogP contribution in [0.15, 0.2) is 30.5 Å². The van der Waals surface area contributed by atoms with E-state index < -0.39 is 17.8 Å². The Labute approximate surface area is 201 Å². The van der Waals surface area contributed by atoms with Gasteiger partial charge in [-0.05, 0) is 61.0 Å². The van der Waals surface area contributed by atoms with Crippen molar-refractivity contribution < 1.29 is 19.4 Å². The molecular formula is C27H37N3O4. The summed E-state index contributed by atoms with van der Waals surface area (Å²) in [6, 6.07) is 7.94. The summed E-state index contributed by atoms with van der Waals surface area (Å²) in [6.07, 6.45) is 4.85. The van der Waals surface area contributed by atoms with Crippen LogP contribution in [-0.4, -0.2) is 57.8 Å². The lowest BCUT2D eigenvalue weighted by molar-refractivity contribution is -0.149. The third kappa shape index (κ3) is 3.60. The first-order valence-electron chi connectivity index (χ1n) is 12.6. The van der Waals surface area contributed by atoms with Gasteiger partial charge in [-0.3, -0.25) is 4.79 Å². The van der Waals surface area contributed by atoms with Crippen molar-refractivity contribution >= 4 is 22.9 Å². The number of amides is 2. The number of nitrogens with zero attached hydrogens (tertiary/aromatic N) is 1. The van der Waals surface area contributed by atoms with Crippen LogP contribution in [0.5, 0.6) is 0 Å². The lowest BCUT2D eigenvalue weighted by Crippen LogP contribution is -2.54. The first-order chi connectivity index (χ1) is 16.0. The second-order valence-electron chi connectivity index (χ2n) is 11.7. The standard InChI is InChI=1S/C27H37N3O4/c1-25(2)18-9-11-26(25,3)22(13-18)29-24(33)34-27(4,23(32)30-12-10-19(31)16-30)14-17-15-28-21-8-6-5-7-20(17)21/h5-8,15,18-19,22,28,31H,9-14,16H2,1-4H3,(H,29,33). The molecule has 0 spiro atoms. The average molecular weight is 468 g/mol. The molecular weight excluding hydrogens is 430 g/mol. The Morgan fingerprint density at radius 1 is 1.26 bits per heavy atom. The fourth-order valence-electron chi connectivity index (χ4n) is 6.86. The second kappa shape index (κ2) is 8.01. The van der Waals surface area contributed by atoms with E-state index in [0.717, 1.165) is 29.3 Å². The number of para-hydroxylation sites is 1. The number of carbonyl (C=O) groups is 2. The van der Waals surface area contributed by atoms with Gasteiger partial charge >= 0.3 is 6.09 Å². The number of hydrogen-bond acceptors (Lipinski definition) is 4. The zero-order chi connectivity index (χ0) is 24.3. The number of aromatic amines is 1. The summed E-state index contributed by atoms with van der Waals surface area (Å²) >= 11 is 0. The Hall–Kier alpha value is -2.54. The molecule has 1 aromatic carbocycles. The van der Waals surface area contributed by atoms with Gasteiger partial charge in [-0.2, -0.15) is 0 Å². The summed E-state index contributed by atoms with van der Waals surface area (Å²) in [5.41, 5.74) is 0.706. The minimum atomic E-state index is -1.38. The number of nitrogens with one attached hydrogen (secondary N) is 2. The van der Waals surface area contributed by atoms with Gasteiger partial charge in [-0.15, -0.1) is 0 Å². The molecule has 34 heavy (non-hydrogen) atoms. The summed E-state index contributed by atoms with van der Waals surface area (Å²) < 4.78 is 6.02. The third-order valence-electron chi connectivity index (χ3n) is 9.51. The van der Waals surface area contributed by atoms with Crippen LogP contribution in [0.4, 0.5) is 4.79 Å². The van der Waals surface area contributed by atoms with Crippen molar-refractivity contribution in [2.45, 2.75) is 77.5 Å². The highest BCUT2D eigenvalue weighted by molar-refractivity contribution is 5.90. The van der Waals surface area contributed by atoms with Crippen molar-refractivity contribution in [2.24, 2.45) is 16.7 Å². The Morgan fingerprint density at radius 3 is 2.68 bits per heavy atom. The van der Waals surface area contributed by atoms with E-state index in [1.54, 1.807) is 11.8 Å². The molecule has 2 amide bonds. The van der Waals surface area contributed by atoms with Crippen LogP contribution in [0.3, 0.4) is 0 Å². The number of rotatable bonds is 5. The van der Waals surface area contributed by atoms with E-state index >= 15 is 0 Å². The smallest absolute Gasteiger partial charge is 0.408 e. The number of fused-ring (bicyclic) bond motifs is 3. The van der Waals surface area contributed by atoms with Gasteiger partial charge < -0.3 is 25.0 Å². The molecule has 2 heterocycles. The van der Waals surface area contributed by atoms with Gasteiger partial charge in [0, 0.05) is 42.7 Å². The number of ether oxygens (including phenoxy) is 1. The Balaban J connectivity index is 1.38. The molecule has 1 aliphatic heterocycles. The summed E-state index contributed by atoms with van der Waals surface area (Å²) in [7, 11) is 0. The number of hydrogen-bond donors (Lipinski definition) is 3. The quantitative estimate of drug-likeness (QED) is 0.619. The van der Waals surface area contributed by atoms with E-state index in [9.17, 15) is 14.7 Å². The van der Waals surface area contributed by atoms with Crippen molar-refractivity contribution in [1.29, 1.82) is 0 Å². The van der Waals surface area contributed by atoms with E-state index in [4.69, 9.17) is 4.74 Å². The first kappa shape index (κ1) is 23.2. The number of β-amino-alcohol motifs (C(OH)–C–C–N with tert-alkyl or cyclic N) is 1. The van der Waals surface area contributed by atoms with Crippen LogP contribution in [0.25, 0.3) is 10.9 Å². The van der Waals surface area contributed by atoms with Gasteiger partial charge in [0.15, 0.2) is 5.60 Å². The maximum atomic E-state index is 13.6. The predicted molar refractivity (Wildman–Crippen MR) is 130 cm³/mol. The fourth-order valence-corrected chi connectivity index (χ4v) is 6.86. The second-order valence-corrected chi connectivity index (χ2v) is 11.7. The number of alkyl carbamates (subject to hydrolysis) is 1. The fraction of sp³-hybridized carbons (Fsp3) is 0.630. The van der Waals surface area contributed by atoms with Gasteiger partial charge in [-0.25, -0.2) is 4.79 Å². The average Bonchev–Trinajstić information content (AvgIpc) is 3.49. The van der Waals surface area contributed by atoms with E-state index in [0.29, 0.717) is 18.9 Å². The molecule has 1 aromatic heterocycles. The number of aliphatic hydroxyl groups is 1. The highest BCUT2D eigenvalue weighted by Gasteiger charge is 2.62. The molecule has 184 valence electrons. The van der Waals surface area contributed by atoms with Crippen LogP contribution in [-0.2, 0) is 16.0 Å².